The summed E-state index contributed by atoms with van der Waals surface area (Å²) >= 11 is 0. The van der Waals surface area contributed by atoms with Crippen molar-refractivity contribution in [2.24, 2.45) is 5.73 Å². The molecule has 0 atom stereocenters. The number of aromatic nitrogens is 1. The molecule has 1 amide bonds. The summed E-state index contributed by atoms with van der Waals surface area (Å²) in [4.78, 5) is 14.2. The van der Waals surface area contributed by atoms with E-state index >= 15 is 0 Å². The smallest absolute Gasteiger partial charge is 0.404 e. The summed E-state index contributed by atoms with van der Waals surface area (Å²) in [6, 6.07) is 5.27. The number of nitrogens with zero attached hydrogens (tertiary/aromatic N) is 2. The highest BCUT2D eigenvalue weighted by Crippen LogP contribution is 2.02. The summed E-state index contributed by atoms with van der Waals surface area (Å²) in [7, 11) is 0. The molecule has 0 aromatic carbocycles. The van der Waals surface area contributed by atoms with Gasteiger partial charge in [0.05, 0.1) is 12.1 Å². The van der Waals surface area contributed by atoms with Gasteiger partial charge in [-0.2, -0.15) is 5.26 Å². The summed E-state index contributed by atoms with van der Waals surface area (Å²) in [6.07, 6.45) is 0.654. The van der Waals surface area contributed by atoms with Crippen molar-refractivity contribution in [3.63, 3.8) is 0 Å². The Hall–Kier alpha value is -2.29. The fourth-order valence-corrected chi connectivity index (χ4v) is 0.895. The molecule has 1 aromatic heterocycles. The molecule has 78 valence electrons. The topological polar surface area (TPSA) is 101 Å². The van der Waals surface area contributed by atoms with Crippen LogP contribution < -0.4 is 11.1 Å². The van der Waals surface area contributed by atoms with Crippen LogP contribution in [0.15, 0.2) is 18.3 Å². The van der Waals surface area contributed by atoms with Crippen molar-refractivity contribution in [2.75, 3.05) is 18.5 Å². The normalized spacial score (nSPS) is 9.00. The number of primary amides is 1. The third kappa shape index (κ3) is 3.95. The Morgan fingerprint density at radius 3 is 3.00 bits per heavy atom. The number of hydrogen-bond acceptors (Lipinski definition) is 5. The monoisotopic (exact) mass is 206 g/mol. The number of nitriles is 1. The van der Waals surface area contributed by atoms with E-state index < -0.39 is 6.09 Å². The number of anilines is 1. The van der Waals surface area contributed by atoms with Crippen LogP contribution in [-0.4, -0.2) is 24.2 Å². The Labute approximate surface area is 86.7 Å². The van der Waals surface area contributed by atoms with Crippen LogP contribution in [0.3, 0.4) is 0 Å². The highest BCUT2D eigenvalue weighted by Gasteiger charge is 1.95. The summed E-state index contributed by atoms with van der Waals surface area (Å²) in [5.41, 5.74) is 5.26. The minimum Gasteiger partial charge on any atom is -0.448 e. The number of nitrogens with one attached hydrogen (secondary N) is 1. The zero-order valence-corrected chi connectivity index (χ0v) is 7.93. The van der Waals surface area contributed by atoms with E-state index in [4.69, 9.17) is 11.0 Å². The fourth-order valence-electron chi connectivity index (χ4n) is 0.895. The largest absolute Gasteiger partial charge is 0.448 e. The van der Waals surface area contributed by atoms with Crippen molar-refractivity contribution in [3.05, 3.63) is 23.9 Å². The first-order valence-electron chi connectivity index (χ1n) is 4.24. The van der Waals surface area contributed by atoms with Crippen LogP contribution in [0.5, 0.6) is 0 Å². The van der Waals surface area contributed by atoms with Crippen LogP contribution in [-0.2, 0) is 4.74 Å². The average molecular weight is 206 g/mol. The van der Waals surface area contributed by atoms with Crippen LogP contribution in [0, 0.1) is 11.3 Å². The number of carbonyl (C=O) groups excluding carboxylic acids is 1. The van der Waals surface area contributed by atoms with Gasteiger partial charge in [0.25, 0.3) is 0 Å². The van der Waals surface area contributed by atoms with Gasteiger partial charge >= 0.3 is 6.09 Å². The molecule has 6 nitrogen and oxygen atoms in total. The van der Waals surface area contributed by atoms with E-state index in [-0.39, 0.29) is 6.61 Å². The molecule has 3 N–H and O–H groups in total. The summed E-state index contributed by atoms with van der Waals surface area (Å²) in [5, 5.41) is 11.4. The van der Waals surface area contributed by atoms with Gasteiger partial charge in [0.2, 0.25) is 0 Å². The molecule has 1 heterocycles. The molecule has 0 fully saturated rings. The highest BCUT2D eigenvalue weighted by atomic mass is 16.5. The molecule has 0 aliphatic carbocycles. The zero-order valence-electron chi connectivity index (χ0n) is 7.93. The number of nitrogens with two attached hydrogens (primary N) is 1. The molecular formula is C9H10N4O2. The lowest BCUT2D eigenvalue weighted by Crippen LogP contribution is -2.18. The molecule has 0 aliphatic rings. The van der Waals surface area contributed by atoms with Gasteiger partial charge in [-0.1, -0.05) is 0 Å². The van der Waals surface area contributed by atoms with Crippen molar-refractivity contribution in [3.8, 4) is 6.07 Å². The molecule has 15 heavy (non-hydrogen) atoms. The summed E-state index contributed by atoms with van der Waals surface area (Å²) < 4.78 is 4.50. The number of hydrogen-bond donors (Lipinski definition) is 2. The number of ether oxygens (including phenoxy) is 1. The van der Waals surface area contributed by atoms with Gasteiger partial charge < -0.3 is 15.8 Å². The van der Waals surface area contributed by atoms with Crippen LogP contribution >= 0.6 is 0 Å². The van der Waals surface area contributed by atoms with Crippen LogP contribution in [0.1, 0.15) is 5.56 Å². The lowest BCUT2D eigenvalue weighted by molar-refractivity contribution is 0.161. The standard InChI is InChI=1S/C9H10N4O2/c10-5-7-1-2-8(13-6-7)12-3-4-15-9(11)14/h1-2,6H,3-4H2,(H2,11,14)(H,12,13). The van der Waals surface area contributed by atoms with Crippen molar-refractivity contribution in [1.82, 2.24) is 4.98 Å². The molecule has 0 spiro atoms. The Kier molecular flexibility index (Phi) is 3.91. The molecule has 6 heteroatoms. The molecule has 0 aliphatic heterocycles. The molecule has 0 radical (unpaired) electrons. The van der Waals surface area contributed by atoms with Gasteiger partial charge in [0.1, 0.15) is 18.5 Å². The molecule has 1 rings (SSSR count). The van der Waals surface area contributed by atoms with Crippen molar-refractivity contribution in [2.45, 2.75) is 0 Å². The van der Waals surface area contributed by atoms with Gasteiger partial charge in [-0.15, -0.1) is 0 Å². The van der Waals surface area contributed by atoms with E-state index in [2.05, 4.69) is 15.0 Å². The molecule has 0 bridgehead atoms. The van der Waals surface area contributed by atoms with E-state index in [9.17, 15) is 4.79 Å². The lowest BCUT2D eigenvalue weighted by Gasteiger charge is -2.04. The maximum Gasteiger partial charge on any atom is 0.404 e. The van der Waals surface area contributed by atoms with Gasteiger partial charge in [0.15, 0.2) is 0 Å². The average Bonchev–Trinajstić information content (AvgIpc) is 2.25. The Morgan fingerprint density at radius 1 is 1.67 bits per heavy atom. The van der Waals surface area contributed by atoms with E-state index in [1.54, 1.807) is 12.1 Å². The summed E-state index contributed by atoms with van der Waals surface area (Å²) in [6.45, 7) is 0.596. The predicted octanol–water partition coefficient (Wildman–Crippen LogP) is 0.460. The number of carbonyl (C=O) groups is 1. The Balaban J connectivity index is 2.32. The van der Waals surface area contributed by atoms with Gasteiger partial charge in [-0.25, -0.2) is 9.78 Å². The summed E-state index contributed by atoms with van der Waals surface area (Å²) in [5.74, 6) is 0.613. The van der Waals surface area contributed by atoms with E-state index in [1.807, 2.05) is 6.07 Å². The number of pyridine rings is 1. The van der Waals surface area contributed by atoms with Crippen LogP contribution in [0.2, 0.25) is 0 Å². The quantitative estimate of drug-likeness (QED) is 0.697. The molecular weight excluding hydrogens is 196 g/mol. The third-order valence-corrected chi connectivity index (χ3v) is 1.55. The second kappa shape index (κ2) is 5.44. The second-order valence-corrected chi connectivity index (χ2v) is 2.64. The Morgan fingerprint density at radius 2 is 2.47 bits per heavy atom. The first-order chi connectivity index (χ1) is 7.22. The van der Waals surface area contributed by atoms with Crippen molar-refractivity contribution >= 4 is 11.9 Å². The predicted molar refractivity (Wildman–Crippen MR) is 53.0 cm³/mol. The van der Waals surface area contributed by atoms with Crippen molar-refractivity contribution < 1.29 is 9.53 Å². The Bertz CT molecular complexity index is 369. The SMILES string of the molecule is N#Cc1ccc(NCCOC(N)=O)nc1. The molecule has 0 unspecified atom stereocenters. The van der Waals surface area contributed by atoms with Crippen LogP contribution in [0.4, 0.5) is 10.6 Å². The lowest BCUT2D eigenvalue weighted by atomic mass is 10.3. The zero-order chi connectivity index (χ0) is 11.1. The van der Waals surface area contributed by atoms with E-state index in [1.165, 1.54) is 6.20 Å². The van der Waals surface area contributed by atoms with Crippen molar-refractivity contribution in [1.29, 1.82) is 5.26 Å². The van der Waals surface area contributed by atoms with E-state index in [0.29, 0.717) is 17.9 Å². The fraction of sp³-hybridized carbons (Fsp3) is 0.222. The molecule has 0 saturated carbocycles. The maximum absolute atomic E-state index is 10.2. The number of rotatable bonds is 4. The maximum atomic E-state index is 10.2. The third-order valence-electron chi connectivity index (χ3n) is 1.55. The van der Waals surface area contributed by atoms with Gasteiger partial charge in [-0.3, -0.25) is 0 Å². The second-order valence-electron chi connectivity index (χ2n) is 2.64. The molecule has 0 saturated heterocycles. The number of amides is 1. The molecule has 1 aromatic rings. The van der Waals surface area contributed by atoms with Gasteiger partial charge in [-0.05, 0) is 12.1 Å². The van der Waals surface area contributed by atoms with Crippen LogP contribution in [0.25, 0.3) is 0 Å². The minimum atomic E-state index is -0.801. The first-order valence-corrected chi connectivity index (χ1v) is 4.24. The highest BCUT2D eigenvalue weighted by molar-refractivity contribution is 5.64. The first kappa shape index (κ1) is 10.8. The van der Waals surface area contributed by atoms with E-state index in [0.717, 1.165) is 0 Å². The minimum absolute atomic E-state index is 0.178. The van der Waals surface area contributed by atoms with Gasteiger partial charge in [0, 0.05) is 6.20 Å².